The van der Waals surface area contributed by atoms with Crippen LogP contribution in [0.4, 0.5) is 11.8 Å². The average Bonchev–Trinajstić information content (AvgIpc) is 3.74. The van der Waals surface area contributed by atoms with E-state index in [-0.39, 0.29) is 34.1 Å². The Balaban J connectivity index is 1.04. The molecule has 30 heteroatoms. The van der Waals surface area contributed by atoms with E-state index in [1.54, 1.807) is 0 Å². The topological polar surface area (TPSA) is 401 Å². The van der Waals surface area contributed by atoms with Crippen LogP contribution in [-0.2, 0) is 47.9 Å². The number of aryl methyl sites for hydroxylation is 1. The molecule has 4 aromatic heterocycles. The molecule has 280 valence electrons. The van der Waals surface area contributed by atoms with Crippen LogP contribution in [0.3, 0.4) is 0 Å². The molecule has 2 aliphatic heterocycles. The van der Waals surface area contributed by atoms with Crippen molar-refractivity contribution < 1.29 is 80.5 Å². The van der Waals surface area contributed by atoms with Crippen LogP contribution in [0.1, 0.15) is 12.5 Å². The Morgan fingerprint density at radius 1 is 0.961 bits per heavy atom. The van der Waals surface area contributed by atoms with Gasteiger partial charge in [0.1, 0.15) is 48.5 Å². The zero-order valence-electron chi connectivity index (χ0n) is 25.6. The molecule has 0 spiro atoms. The standard InChI is InChI=1S/C21H29N10O17P3/c1-29-6-31(17-10(29)18(36)28-21(23)27-17)20-14(35)12(33)8(46-20)3-44-50(39,40)48-51(41,42)47-49(37,38)43-2-7-11(32)13(34)19(45-7)30-5-26-9-15(22)24-4-25-16(9)30/h4-8,11-14,19-20,32-35H,2-3H2,1H3,(H7-,22,23,24,25,27,28,36,37,38,39,40,41,42)/t7-,8-,11?,12+,13+,14?,19-,20-/m1/s1. The fraction of sp³-hybridized carbons (Fsp3) is 0.524. The van der Waals surface area contributed by atoms with Gasteiger partial charge in [-0.1, -0.05) is 4.98 Å². The molecule has 51 heavy (non-hydrogen) atoms. The zero-order chi connectivity index (χ0) is 37.2. The number of anilines is 2. The Labute approximate surface area is 282 Å². The molecular formula is C21H29N10O17P3. The van der Waals surface area contributed by atoms with Gasteiger partial charge < -0.3 is 56.0 Å². The number of hydrogen-bond acceptors (Lipinski definition) is 21. The number of ether oxygens (including phenoxy) is 2. The van der Waals surface area contributed by atoms with Crippen LogP contribution >= 0.6 is 23.5 Å². The fourth-order valence-electron chi connectivity index (χ4n) is 5.35. The molecule has 6 rings (SSSR count). The average molecular weight is 786 g/mol. The Kier molecular flexibility index (Phi) is 9.96. The maximum atomic E-state index is 12.4. The van der Waals surface area contributed by atoms with Gasteiger partial charge in [-0.05, 0) is 0 Å². The van der Waals surface area contributed by atoms with E-state index in [9.17, 15) is 53.6 Å². The Bertz CT molecular complexity index is 2160. The second kappa shape index (κ2) is 13.6. The van der Waals surface area contributed by atoms with Crippen LogP contribution in [0.25, 0.3) is 22.3 Å². The summed E-state index contributed by atoms with van der Waals surface area (Å²) in [5.41, 5.74) is 10.9. The van der Waals surface area contributed by atoms with Crippen LogP contribution in [-0.4, -0.2) is 114 Å². The summed E-state index contributed by atoms with van der Waals surface area (Å²) in [5, 5.41) is 42.0. The monoisotopic (exact) mass is 786 g/mol. The van der Waals surface area contributed by atoms with Crippen molar-refractivity contribution >= 4 is 57.6 Å². The number of nitrogen functional groups attached to an aromatic ring is 2. The molecule has 2 aliphatic rings. The summed E-state index contributed by atoms with van der Waals surface area (Å²) >= 11 is 0. The molecule has 2 fully saturated rings. The number of nitrogens with zero attached hydrogens (tertiary/aromatic N) is 7. The summed E-state index contributed by atoms with van der Waals surface area (Å²) < 4.78 is 68.8. The molecule has 11 atom stereocenters. The van der Waals surface area contributed by atoms with Crippen molar-refractivity contribution in [1.82, 2.24) is 34.1 Å². The number of rotatable bonds is 12. The Morgan fingerprint density at radius 2 is 1.57 bits per heavy atom. The van der Waals surface area contributed by atoms with Crippen molar-refractivity contribution in [2.45, 2.75) is 49.1 Å². The maximum absolute atomic E-state index is 12.4. The van der Waals surface area contributed by atoms with Gasteiger partial charge in [-0.3, -0.25) is 32.5 Å². The van der Waals surface area contributed by atoms with Crippen molar-refractivity contribution in [2.75, 3.05) is 24.7 Å². The van der Waals surface area contributed by atoms with E-state index in [1.807, 2.05) is 0 Å². The van der Waals surface area contributed by atoms with E-state index >= 15 is 0 Å². The molecule has 5 unspecified atom stereocenters. The highest BCUT2D eigenvalue weighted by Crippen LogP contribution is 2.65. The first-order valence-electron chi connectivity index (χ1n) is 14.2. The van der Waals surface area contributed by atoms with Crippen molar-refractivity contribution in [3.63, 3.8) is 0 Å². The van der Waals surface area contributed by atoms with Gasteiger partial charge in [0.2, 0.25) is 11.7 Å². The third-order valence-corrected chi connectivity index (χ3v) is 11.8. The van der Waals surface area contributed by atoms with E-state index in [0.29, 0.717) is 0 Å². The van der Waals surface area contributed by atoms with E-state index in [2.05, 4.69) is 42.6 Å². The predicted octanol–water partition coefficient (Wildman–Crippen LogP) is -4.47. The molecule has 6 heterocycles. The van der Waals surface area contributed by atoms with E-state index < -0.39 is 91.3 Å². The lowest BCUT2D eigenvalue weighted by atomic mass is 10.1. The summed E-state index contributed by atoms with van der Waals surface area (Å²) in [6.07, 6.45) is -9.46. The summed E-state index contributed by atoms with van der Waals surface area (Å²) in [6.45, 7) is -2.16. The molecule has 27 nitrogen and oxygen atoms in total. The lowest BCUT2D eigenvalue weighted by Gasteiger charge is -2.26. The van der Waals surface area contributed by atoms with Crippen LogP contribution in [0.2, 0.25) is 0 Å². The number of H-pyrrole nitrogens is 1. The van der Waals surface area contributed by atoms with Crippen LogP contribution in [0.15, 0.2) is 23.8 Å². The predicted molar refractivity (Wildman–Crippen MR) is 159 cm³/mol. The number of hydrogen-bond donors (Lipinski definition) is 9. The van der Waals surface area contributed by atoms with Crippen LogP contribution in [0.5, 0.6) is 0 Å². The first kappa shape index (κ1) is 37.4. The molecule has 0 bridgehead atoms. The number of imidazole rings is 2. The second-order valence-electron chi connectivity index (χ2n) is 11.1. The number of phosphoric ester groups is 2. The number of aromatic nitrogens is 8. The van der Waals surface area contributed by atoms with E-state index in [4.69, 9.17) is 20.9 Å². The number of fused-ring (bicyclic) bond motifs is 2. The summed E-state index contributed by atoms with van der Waals surface area (Å²) in [5.74, 6) is -0.275. The van der Waals surface area contributed by atoms with Gasteiger partial charge in [-0.25, -0.2) is 37.3 Å². The third kappa shape index (κ3) is 7.47. The number of nitrogens with one attached hydrogen (secondary N) is 1. The van der Waals surface area contributed by atoms with Gasteiger partial charge in [-0.15, -0.1) is 0 Å². The van der Waals surface area contributed by atoms with Crippen molar-refractivity contribution in [1.29, 1.82) is 0 Å². The minimum Gasteiger partial charge on any atom is -0.756 e. The SMILES string of the molecule is Cn1c[n+]([C@@H]2O[C@H](COP(=O)(O)OP(=O)([O-])OP(=O)(O)OC[C@H]3O[C@@H](n4cnc5c(N)ncnc54)[C@@H](O)C3O)[C@H](O)C2O)c2nc(N)[nH]c(=O)c21. The van der Waals surface area contributed by atoms with Crippen molar-refractivity contribution in [3.8, 4) is 0 Å². The lowest BCUT2D eigenvalue weighted by Crippen LogP contribution is -2.46. The van der Waals surface area contributed by atoms with Gasteiger partial charge in [-0.2, -0.15) is 0 Å². The summed E-state index contributed by atoms with van der Waals surface area (Å²) in [6, 6.07) is 0. The first-order valence-corrected chi connectivity index (χ1v) is 18.6. The smallest absolute Gasteiger partial charge is 0.478 e. The molecular weight excluding hydrogens is 757 g/mol. The number of aromatic amines is 1. The van der Waals surface area contributed by atoms with E-state index in [1.165, 1.54) is 28.8 Å². The lowest BCUT2D eigenvalue weighted by molar-refractivity contribution is -0.745. The van der Waals surface area contributed by atoms with E-state index in [0.717, 1.165) is 10.9 Å². The third-order valence-electron chi connectivity index (χ3n) is 7.61. The number of phosphoric acid groups is 3. The fourth-order valence-corrected chi connectivity index (χ4v) is 8.81. The highest BCUT2D eigenvalue weighted by atomic mass is 31.3. The largest absolute Gasteiger partial charge is 0.756 e. The summed E-state index contributed by atoms with van der Waals surface area (Å²) in [7, 11) is -16.2. The summed E-state index contributed by atoms with van der Waals surface area (Å²) in [4.78, 5) is 62.6. The zero-order valence-corrected chi connectivity index (χ0v) is 28.2. The second-order valence-corrected chi connectivity index (χ2v) is 15.7. The van der Waals surface area contributed by atoms with Gasteiger partial charge in [0.15, 0.2) is 24.0 Å². The van der Waals surface area contributed by atoms with Crippen LogP contribution in [0, 0.1) is 0 Å². The molecule has 0 saturated carbocycles. The number of aliphatic hydroxyl groups is 4. The minimum atomic E-state index is -6.22. The maximum Gasteiger partial charge on any atom is 0.478 e. The minimum absolute atomic E-state index is 0.00355. The normalized spacial score (nSPS) is 30.4. The molecule has 0 amide bonds. The van der Waals surface area contributed by atoms with Crippen molar-refractivity contribution in [2.24, 2.45) is 7.05 Å². The molecule has 4 aromatic rings. The molecule has 0 aromatic carbocycles. The van der Waals surface area contributed by atoms with Crippen molar-refractivity contribution in [3.05, 3.63) is 29.3 Å². The number of nitrogens with two attached hydrogens (primary N) is 2. The highest BCUT2D eigenvalue weighted by Gasteiger charge is 2.49. The molecule has 0 radical (unpaired) electrons. The van der Waals surface area contributed by atoms with Gasteiger partial charge in [0.25, 0.3) is 19.3 Å². The van der Waals surface area contributed by atoms with Gasteiger partial charge in [0.05, 0.1) is 26.6 Å². The first-order chi connectivity index (χ1) is 23.8. The van der Waals surface area contributed by atoms with Gasteiger partial charge >= 0.3 is 21.3 Å². The molecule has 2 saturated heterocycles. The molecule has 0 aliphatic carbocycles. The highest BCUT2D eigenvalue weighted by molar-refractivity contribution is 7.66. The molecule has 11 N–H and O–H groups in total. The number of aliphatic hydroxyl groups excluding tert-OH is 4. The Hall–Kier alpha value is -3.33. The quantitative estimate of drug-likeness (QED) is 0.0483. The van der Waals surface area contributed by atoms with Crippen LogP contribution < -0.4 is 26.5 Å². The Morgan fingerprint density at radius 3 is 2.22 bits per heavy atom. The van der Waals surface area contributed by atoms with Gasteiger partial charge in [0, 0.05) is 0 Å².